The van der Waals surface area contributed by atoms with Gasteiger partial charge in [0, 0.05) is 24.4 Å². The number of hydrogen-bond donors (Lipinski definition) is 2. The molecule has 0 unspecified atom stereocenters. The smallest absolute Gasteiger partial charge is 0.251 e. The van der Waals surface area contributed by atoms with Gasteiger partial charge >= 0.3 is 0 Å². The molecule has 0 atom stereocenters. The van der Waals surface area contributed by atoms with Gasteiger partial charge in [-0.05, 0) is 46.2 Å². The topological polar surface area (TPSA) is 45.7 Å². The van der Waals surface area contributed by atoms with Crippen molar-refractivity contribution >= 4 is 5.91 Å². The highest BCUT2D eigenvalue weighted by Gasteiger charge is 2.42. The summed E-state index contributed by atoms with van der Waals surface area (Å²) >= 11 is 0. The second kappa shape index (κ2) is 5.21. The maximum atomic E-state index is 12.4. The Bertz CT molecular complexity index is 489. The first-order chi connectivity index (χ1) is 9.19. The fraction of sp³-hybridized carbons (Fsp3) is 0.588. The van der Waals surface area contributed by atoms with Crippen molar-refractivity contribution < 1.29 is 10.1 Å². The van der Waals surface area contributed by atoms with Crippen LogP contribution in [0.5, 0.6) is 0 Å². The standard InChI is InChI=1S/C17H26N2O/c1-12-8-6-7-9-14(12)15(20)18-13-10-16(2,3)19-17(4,5)11-13/h6-9,13,19H,10-11H2,1-5H3,(H,18,20)/p+1. The van der Waals surface area contributed by atoms with E-state index in [4.69, 9.17) is 0 Å². The van der Waals surface area contributed by atoms with Crippen molar-refractivity contribution in [2.45, 2.75) is 64.6 Å². The number of amides is 1. The van der Waals surface area contributed by atoms with Gasteiger partial charge in [-0.2, -0.15) is 0 Å². The molecule has 0 saturated carbocycles. The van der Waals surface area contributed by atoms with Crippen molar-refractivity contribution in [1.29, 1.82) is 0 Å². The molecule has 1 saturated heterocycles. The van der Waals surface area contributed by atoms with Crippen LogP contribution in [0, 0.1) is 6.92 Å². The van der Waals surface area contributed by atoms with Crippen LogP contribution in [0.2, 0.25) is 0 Å². The minimum Gasteiger partial charge on any atom is -0.349 e. The van der Waals surface area contributed by atoms with Crippen LogP contribution in [0.4, 0.5) is 0 Å². The number of piperidine rings is 1. The summed E-state index contributed by atoms with van der Waals surface area (Å²) in [6.45, 7) is 11.0. The molecule has 0 radical (unpaired) electrons. The zero-order chi connectivity index (χ0) is 15.0. The van der Waals surface area contributed by atoms with E-state index in [0.717, 1.165) is 24.0 Å². The molecule has 3 N–H and O–H groups in total. The predicted octanol–water partition coefficient (Wildman–Crippen LogP) is 2.01. The molecule has 2 rings (SSSR count). The highest BCUT2D eigenvalue weighted by molar-refractivity contribution is 5.95. The molecule has 1 aromatic rings. The van der Waals surface area contributed by atoms with Gasteiger partial charge in [-0.3, -0.25) is 4.79 Å². The van der Waals surface area contributed by atoms with E-state index in [9.17, 15) is 4.79 Å². The quantitative estimate of drug-likeness (QED) is 0.852. The van der Waals surface area contributed by atoms with Crippen molar-refractivity contribution in [3.05, 3.63) is 35.4 Å². The first kappa shape index (κ1) is 15.0. The highest BCUT2D eigenvalue weighted by atomic mass is 16.1. The van der Waals surface area contributed by atoms with Gasteiger partial charge in [-0.15, -0.1) is 0 Å². The lowest BCUT2D eigenvalue weighted by Gasteiger charge is -2.43. The summed E-state index contributed by atoms with van der Waals surface area (Å²) in [5, 5.41) is 5.66. The zero-order valence-electron chi connectivity index (χ0n) is 13.3. The van der Waals surface area contributed by atoms with Crippen molar-refractivity contribution in [3.63, 3.8) is 0 Å². The Hall–Kier alpha value is -1.35. The van der Waals surface area contributed by atoms with Crippen LogP contribution in [0.1, 0.15) is 56.5 Å². The molecule has 1 amide bonds. The number of rotatable bonds is 2. The van der Waals surface area contributed by atoms with Gasteiger partial charge in [0.05, 0.1) is 11.1 Å². The molecule has 1 aliphatic rings. The maximum absolute atomic E-state index is 12.4. The van der Waals surface area contributed by atoms with E-state index < -0.39 is 0 Å². The molecule has 3 nitrogen and oxygen atoms in total. The van der Waals surface area contributed by atoms with Crippen LogP contribution >= 0.6 is 0 Å². The molecule has 20 heavy (non-hydrogen) atoms. The van der Waals surface area contributed by atoms with Crippen LogP contribution in [0.15, 0.2) is 24.3 Å². The van der Waals surface area contributed by atoms with Gasteiger partial charge in [0.25, 0.3) is 5.91 Å². The summed E-state index contributed by atoms with van der Waals surface area (Å²) in [4.78, 5) is 12.4. The van der Waals surface area contributed by atoms with Crippen molar-refractivity contribution in [3.8, 4) is 0 Å². The lowest BCUT2D eigenvalue weighted by Crippen LogP contribution is -3.06. The molecule has 0 aromatic heterocycles. The third-order valence-corrected chi connectivity index (χ3v) is 4.05. The monoisotopic (exact) mass is 275 g/mol. The Balaban J connectivity index is 2.10. The van der Waals surface area contributed by atoms with Crippen LogP contribution < -0.4 is 10.6 Å². The van der Waals surface area contributed by atoms with Crippen molar-refractivity contribution in [2.75, 3.05) is 0 Å². The first-order valence-electron chi connectivity index (χ1n) is 7.42. The number of quaternary nitrogens is 1. The van der Waals surface area contributed by atoms with Crippen LogP contribution in [0.25, 0.3) is 0 Å². The van der Waals surface area contributed by atoms with E-state index in [1.54, 1.807) is 0 Å². The number of carbonyl (C=O) groups excluding carboxylic acids is 1. The third kappa shape index (κ3) is 3.60. The molecule has 1 fully saturated rings. The Morgan fingerprint density at radius 3 is 2.25 bits per heavy atom. The van der Waals surface area contributed by atoms with Gasteiger partial charge in [0.1, 0.15) is 0 Å². The fourth-order valence-electron chi connectivity index (χ4n) is 3.71. The third-order valence-electron chi connectivity index (χ3n) is 4.05. The van der Waals surface area contributed by atoms with Gasteiger partial charge in [-0.1, -0.05) is 18.2 Å². The van der Waals surface area contributed by atoms with Crippen LogP contribution in [-0.4, -0.2) is 23.0 Å². The minimum atomic E-state index is 0.0570. The number of nitrogens with two attached hydrogens (primary N) is 1. The van der Waals surface area contributed by atoms with E-state index in [0.29, 0.717) is 0 Å². The number of nitrogens with one attached hydrogen (secondary N) is 1. The van der Waals surface area contributed by atoms with E-state index in [-0.39, 0.29) is 23.0 Å². The summed E-state index contributed by atoms with van der Waals surface area (Å²) in [6, 6.07) is 8.02. The van der Waals surface area contributed by atoms with Gasteiger partial charge in [0.2, 0.25) is 0 Å². The molecule has 1 aliphatic heterocycles. The summed E-state index contributed by atoms with van der Waals surface area (Å²) in [5.41, 5.74) is 2.17. The van der Waals surface area contributed by atoms with Gasteiger partial charge < -0.3 is 10.6 Å². The summed E-state index contributed by atoms with van der Waals surface area (Å²) < 4.78 is 0. The van der Waals surface area contributed by atoms with Gasteiger partial charge in [0.15, 0.2) is 0 Å². The summed E-state index contributed by atoms with van der Waals surface area (Å²) in [7, 11) is 0. The van der Waals surface area contributed by atoms with Crippen molar-refractivity contribution in [1.82, 2.24) is 5.32 Å². The van der Waals surface area contributed by atoms with Crippen LogP contribution in [0.3, 0.4) is 0 Å². The van der Waals surface area contributed by atoms with Crippen LogP contribution in [-0.2, 0) is 0 Å². The molecule has 1 aromatic carbocycles. The minimum absolute atomic E-state index is 0.0570. The number of benzene rings is 1. The predicted molar refractivity (Wildman–Crippen MR) is 81.8 cm³/mol. The molecule has 3 heteroatoms. The second-order valence-corrected chi connectivity index (χ2v) is 7.52. The van der Waals surface area contributed by atoms with E-state index in [1.165, 1.54) is 0 Å². The van der Waals surface area contributed by atoms with E-state index >= 15 is 0 Å². The molecule has 110 valence electrons. The molecular formula is C17H27N2O+. The largest absolute Gasteiger partial charge is 0.349 e. The first-order valence-corrected chi connectivity index (χ1v) is 7.42. The Labute approximate surface area is 122 Å². The zero-order valence-corrected chi connectivity index (χ0v) is 13.3. The van der Waals surface area contributed by atoms with E-state index in [2.05, 4.69) is 38.3 Å². The Kier molecular flexibility index (Phi) is 3.92. The summed E-state index contributed by atoms with van der Waals surface area (Å²) in [5.74, 6) is 0.0570. The molecule has 0 bridgehead atoms. The molecule has 0 spiro atoms. The average molecular weight is 275 g/mol. The average Bonchev–Trinajstić information content (AvgIpc) is 2.24. The van der Waals surface area contributed by atoms with Gasteiger partial charge in [-0.25, -0.2) is 0 Å². The lowest BCUT2D eigenvalue weighted by molar-refractivity contribution is -0.787. The number of carbonyl (C=O) groups is 1. The lowest BCUT2D eigenvalue weighted by atomic mass is 9.79. The fourth-order valence-corrected chi connectivity index (χ4v) is 3.71. The van der Waals surface area contributed by atoms with E-state index in [1.807, 2.05) is 31.2 Å². The Morgan fingerprint density at radius 2 is 1.70 bits per heavy atom. The normalized spacial score (nSPS) is 21.4. The molecular weight excluding hydrogens is 248 g/mol. The Morgan fingerprint density at radius 1 is 1.15 bits per heavy atom. The number of aryl methyl sites for hydroxylation is 1. The second-order valence-electron chi connectivity index (χ2n) is 7.52. The summed E-state index contributed by atoms with van der Waals surface area (Å²) in [6.07, 6.45) is 2.02. The van der Waals surface area contributed by atoms with Crippen molar-refractivity contribution in [2.24, 2.45) is 0 Å². The number of hydrogen-bond acceptors (Lipinski definition) is 1. The highest BCUT2D eigenvalue weighted by Crippen LogP contribution is 2.22. The molecule has 0 aliphatic carbocycles. The molecule has 1 heterocycles. The SMILES string of the molecule is Cc1ccccc1C(=O)NC1CC(C)(C)[NH2+]C(C)(C)C1. The maximum Gasteiger partial charge on any atom is 0.251 e.